The number of aromatic carboxylic acids is 1. The van der Waals surface area contributed by atoms with Crippen molar-refractivity contribution in [3.63, 3.8) is 0 Å². The van der Waals surface area contributed by atoms with Crippen molar-refractivity contribution >= 4 is 5.97 Å². The van der Waals surface area contributed by atoms with Crippen LogP contribution < -0.4 is 4.74 Å². The Kier molecular flexibility index (Phi) is 2.55. The predicted octanol–water partition coefficient (Wildman–Crippen LogP) is 0.974. The van der Waals surface area contributed by atoms with Crippen LogP contribution in [0.3, 0.4) is 0 Å². The van der Waals surface area contributed by atoms with Gasteiger partial charge in [0.15, 0.2) is 0 Å². The highest BCUT2D eigenvalue weighted by Gasteiger charge is 2.17. The largest absolute Gasteiger partial charge is 0.496 e. The SMILES string of the molecule is COc1cccc(-n2ccnn2)c1C(=O)O. The first-order chi connectivity index (χ1) is 7.74. The molecule has 0 radical (unpaired) electrons. The zero-order valence-corrected chi connectivity index (χ0v) is 8.49. The van der Waals surface area contributed by atoms with Crippen molar-refractivity contribution in [1.29, 1.82) is 0 Å². The average Bonchev–Trinajstić information content (AvgIpc) is 2.81. The van der Waals surface area contributed by atoms with Crippen molar-refractivity contribution in [1.82, 2.24) is 15.0 Å². The molecule has 0 aliphatic rings. The average molecular weight is 219 g/mol. The molecule has 1 heterocycles. The van der Waals surface area contributed by atoms with Gasteiger partial charge in [0, 0.05) is 0 Å². The Bertz CT molecular complexity index is 508. The van der Waals surface area contributed by atoms with Crippen LogP contribution in [0.15, 0.2) is 30.6 Å². The second-order valence-corrected chi connectivity index (χ2v) is 3.01. The number of benzene rings is 1. The van der Waals surface area contributed by atoms with Crippen LogP contribution in [0.1, 0.15) is 10.4 Å². The van der Waals surface area contributed by atoms with Gasteiger partial charge in [0.05, 0.1) is 25.2 Å². The lowest BCUT2D eigenvalue weighted by molar-refractivity contribution is 0.0693. The van der Waals surface area contributed by atoms with Crippen molar-refractivity contribution in [2.75, 3.05) is 7.11 Å². The molecule has 1 aromatic carbocycles. The number of nitrogens with zero attached hydrogens (tertiary/aromatic N) is 3. The molecule has 1 N–H and O–H groups in total. The number of methoxy groups -OCH3 is 1. The highest BCUT2D eigenvalue weighted by atomic mass is 16.5. The Morgan fingerprint density at radius 1 is 1.50 bits per heavy atom. The molecule has 0 amide bonds. The van der Waals surface area contributed by atoms with Crippen molar-refractivity contribution in [3.8, 4) is 11.4 Å². The summed E-state index contributed by atoms with van der Waals surface area (Å²) in [6, 6.07) is 4.92. The summed E-state index contributed by atoms with van der Waals surface area (Å²) in [6.07, 6.45) is 3.05. The maximum absolute atomic E-state index is 11.2. The van der Waals surface area contributed by atoms with E-state index in [-0.39, 0.29) is 5.56 Å². The van der Waals surface area contributed by atoms with Gasteiger partial charge in [0.1, 0.15) is 11.3 Å². The standard InChI is InChI=1S/C10H9N3O3/c1-16-8-4-2-3-7(9(8)10(14)15)13-6-5-11-12-13/h2-6H,1H3,(H,14,15). The van der Waals surface area contributed by atoms with Gasteiger partial charge >= 0.3 is 5.97 Å². The lowest BCUT2D eigenvalue weighted by Gasteiger charge is -2.09. The molecule has 0 saturated heterocycles. The summed E-state index contributed by atoms with van der Waals surface area (Å²) in [7, 11) is 1.42. The van der Waals surface area contributed by atoms with E-state index in [9.17, 15) is 4.79 Å². The van der Waals surface area contributed by atoms with Crippen molar-refractivity contribution in [2.45, 2.75) is 0 Å². The topological polar surface area (TPSA) is 77.2 Å². The number of carboxylic acids is 1. The molecule has 0 aliphatic carbocycles. The molecular formula is C10H9N3O3. The van der Waals surface area contributed by atoms with E-state index in [0.29, 0.717) is 11.4 Å². The number of ether oxygens (including phenoxy) is 1. The Balaban J connectivity index is 2.65. The summed E-state index contributed by atoms with van der Waals surface area (Å²) in [4.78, 5) is 11.2. The molecule has 0 fully saturated rings. The summed E-state index contributed by atoms with van der Waals surface area (Å²) in [5.41, 5.74) is 0.486. The third-order valence-corrected chi connectivity index (χ3v) is 2.11. The fourth-order valence-corrected chi connectivity index (χ4v) is 1.43. The minimum atomic E-state index is -1.07. The first-order valence-corrected chi connectivity index (χ1v) is 4.51. The van der Waals surface area contributed by atoms with E-state index in [2.05, 4.69) is 10.3 Å². The maximum Gasteiger partial charge on any atom is 0.341 e. The van der Waals surface area contributed by atoms with Crippen LogP contribution in [0.2, 0.25) is 0 Å². The van der Waals surface area contributed by atoms with E-state index in [1.807, 2.05) is 0 Å². The van der Waals surface area contributed by atoms with Crippen molar-refractivity contribution in [2.24, 2.45) is 0 Å². The Hall–Kier alpha value is -2.37. The van der Waals surface area contributed by atoms with Crippen LogP contribution in [-0.4, -0.2) is 33.2 Å². The molecular weight excluding hydrogens is 210 g/mol. The molecule has 6 heteroatoms. The Labute approximate surface area is 91.1 Å². The van der Waals surface area contributed by atoms with Gasteiger partial charge in [-0.1, -0.05) is 11.3 Å². The summed E-state index contributed by atoms with van der Waals surface area (Å²) < 4.78 is 6.38. The van der Waals surface area contributed by atoms with E-state index < -0.39 is 5.97 Å². The summed E-state index contributed by atoms with van der Waals surface area (Å²) in [5, 5.41) is 16.5. The number of carbonyl (C=O) groups is 1. The van der Waals surface area contributed by atoms with Gasteiger partial charge in [0.25, 0.3) is 0 Å². The summed E-state index contributed by atoms with van der Waals surface area (Å²) >= 11 is 0. The van der Waals surface area contributed by atoms with Gasteiger partial charge in [-0.2, -0.15) is 0 Å². The van der Waals surface area contributed by atoms with Gasteiger partial charge in [-0.3, -0.25) is 0 Å². The first-order valence-electron chi connectivity index (χ1n) is 4.51. The van der Waals surface area contributed by atoms with Crippen LogP contribution in [0, 0.1) is 0 Å². The highest BCUT2D eigenvalue weighted by molar-refractivity contribution is 5.95. The molecule has 0 atom stereocenters. The second kappa shape index (κ2) is 4.01. The van der Waals surface area contributed by atoms with Crippen LogP contribution in [0.4, 0.5) is 0 Å². The molecule has 0 unspecified atom stereocenters. The lowest BCUT2D eigenvalue weighted by Crippen LogP contribution is -2.08. The Morgan fingerprint density at radius 2 is 2.31 bits per heavy atom. The van der Waals surface area contributed by atoms with E-state index in [1.54, 1.807) is 24.4 Å². The van der Waals surface area contributed by atoms with Crippen LogP contribution in [0.25, 0.3) is 5.69 Å². The molecule has 16 heavy (non-hydrogen) atoms. The summed E-state index contributed by atoms with van der Waals surface area (Å²) in [5.74, 6) is -0.775. The summed E-state index contributed by atoms with van der Waals surface area (Å²) in [6.45, 7) is 0. The predicted molar refractivity (Wildman–Crippen MR) is 54.9 cm³/mol. The minimum Gasteiger partial charge on any atom is -0.496 e. The van der Waals surface area contributed by atoms with Gasteiger partial charge < -0.3 is 9.84 Å². The molecule has 2 rings (SSSR count). The number of hydrogen-bond acceptors (Lipinski definition) is 4. The van der Waals surface area contributed by atoms with Crippen LogP contribution >= 0.6 is 0 Å². The third-order valence-electron chi connectivity index (χ3n) is 2.11. The van der Waals surface area contributed by atoms with Gasteiger partial charge in [-0.25, -0.2) is 9.48 Å². The molecule has 2 aromatic rings. The number of hydrogen-bond donors (Lipinski definition) is 1. The Morgan fingerprint density at radius 3 is 2.88 bits per heavy atom. The van der Waals surface area contributed by atoms with E-state index in [4.69, 9.17) is 9.84 Å². The molecule has 6 nitrogen and oxygen atoms in total. The van der Waals surface area contributed by atoms with Crippen LogP contribution in [-0.2, 0) is 0 Å². The first kappa shape index (κ1) is 10.2. The fourth-order valence-electron chi connectivity index (χ4n) is 1.43. The van der Waals surface area contributed by atoms with Gasteiger partial charge in [-0.15, -0.1) is 5.10 Å². The maximum atomic E-state index is 11.2. The lowest BCUT2D eigenvalue weighted by atomic mass is 10.1. The van der Waals surface area contributed by atoms with E-state index >= 15 is 0 Å². The fraction of sp³-hybridized carbons (Fsp3) is 0.100. The normalized spacial score (nSPS) is 10.1. The molecule has 0 saturated carbocycles. The minimum absolute atomic E-state index is 0.0653. The highest BCUT2D eigenvalue weighted by Crippen LogP contribution is 2.24. The molecule has 1 aromatic heterocycles. The van der Waals surface area contributed by atoms with Crippen molar-refractivity contribution in [3.05, 3.63) is 36.2 Å². The smallest absolute Gasteiger partial charge is 0.341 e. The zero-order chi connectivity index (χ0) is 11.5. The molecule has 0 bridgehead atoms. The van der Waals surface area contributed by atoms with E-state index in [1.165, 1.54) is 18.0 Å². The monoisotopic (exact) mass is 219 g/mol. The van der Waals surface area contributed by atoms with Crippen molar-refractivity contribution < 1.29 is 14.6 Å². The molecule has 0 spiro atoms. The third kappa shape index (κ3) is 1.60. The van der Waals surface area contributed by atoms with Gasteiger partial charge in [0.2, 0.25) is 0 Å². The molecule has 82 valence electrons. The quantitative estimate of drug-likeness (QED) is 0.832. The van der Waals surface area contributed by atoms with Gasteiger partial charge in [-0.05, 0) is 12.1 Å². The zero-order valence-electron chi connectivity index (χ0n) is 8.49. The number of carboxylic acid groups (broad SMARTS) is 1. The van der Waals surface area contributed by atoms with E-state index in [0.717, 1.165) is 0 Å². The second-order valence-electron chi connectivity index (χ2n) is 3.01. The number of rotatable bonds is 3. The van der Waals surface area contributed by atoms with Crippen LogP contribution in [0.5, 0.6) is 5.75 Å². The molecule has 0 aliphatic heterocycles. The number of aromatic nitrogens is 3.